The van der Waals surface area contributed by atoms with Crippen LogP contribution in [0.3, 0.4) is 0 Å². The summed E-state index contributed by atoms with van der Waals surface area (Å²) in [6, 6.07) is 0.947. The van der Waals surface area contributed by atoms with Gasteiger partial charge in [-0.15, -0.1) is 0 Å². The Kier molecular flexibility index (Phi) is 4.19. The summed E-state index contributed by atoms with van der Waals surface area (Å²) in [5, 5.41) is 9.19. The second-order valence-corrected chi connectivity index (χ2v) is 3.21. The second-order valence-electron chi connectivity index (χ2n) is 3.21. The van der Waals surface area contributed by atoms with Crippen LogP contribution in [-0.4, -0.2) is 22.7 Å². The van der Waals surface area contributed by atoms with Gasteiger partial charge in [-0.25, -0.2) is 13.8 Å². The van der Waals surface area contributed by atoms with Crippen molar-refractivity contribution in [1.29, 1.82) is 0 Å². The maximum Gasteiger partial charge on any atom is 0.311 e. The fourth-order valence-electron chi connectivity index (χ4n) is 1.22. The molecule has 1 rings (SSSR count). The number of anilines is 1. The molecule has 0 atom stereocenters. The van der Waals surface area contributed by atoms with Crippen molar-refractivity contribution in [3.05, 3.63) is 17.5 Å². The van der Waals surface area contributed by atoms with Crippen LogP contribution in [0, 0.1) is 0 Å². The maximum atomic E-state index is 12.4. The number of hydrogen-bond donors (Lipinski definition) is 2. The Labute approximate surface area is 96.2 Å². The van der Waals surface area contributed by atoms with Crippen LogP contribution < -0.4 is 5.73 Å². The van der Waals surface area contributed by atoms with E-state index in [1.165, 1.54) is 0 Å². The van der Waals surface area contributed by atoms with Crippen LogP contribution in [0.1, 0.15) is 24.7 Å². The Bertz CT molecular complexity index is 424. The second kappa shape index (κ2) is 5.42. The van der Waals surface area contributed by atoms with Crippen LogP contribution >= 0.6 is 0 Å². The first-order valence-electron chi connectivity index (χ1n) is 4.87. The zero-order valence-electron chi connectivity index (χ0n) is 9.11. The SMILES string of the molecule is CCOC(=O)Cc1nc(C(F)F)c(O)cc1N. The molecule has 0 aliphatic heterocycles. The summed E-state index contributed by atoms with van der Waals surface area (Å²) in [5.41, 5.74) is 4.61. The number of pyridine rings is 1. The minimum atomic E-state index is -2.93. The van der Waals surface area contributed by atoms with Gasteiger partial charge in [0.25, 0.3) is 6.43 Å². The Morgan fingerprint density at radius 3 is 2.82 bits per heavy atom. The van der Waals surface area contributed by atoms with Gasteiger partial charge in [0.1, 0.15) is 11.4 Å². The van der Waals surface area contributed by atoms with E-state index in [0.717, 1.165) is 6.07 Å². The predicted molar refractivity (Wildman–Crippen MR) is 55.6 cm³/mol. The van der Waals surface area contributed by atoms with Gasteiger partial charge in [-0.3, -0.25) is 4.79 Å². The van der Waals surface area contributed by atoms with Gasteiger partial charge in [0.15, 0.2) is 0 Å². The molecule has 7 heteroatoms. The van der Waals surface area contributed by atoms with E-state index in [-0.39, 0.29) is 24.4 Å². The minimum absolute atomic E-state index is 0.0278. The molecule has 0 saturated carbocycles. The minimum Gasteiger partial charge on any atom is -0.506 e. The van der Waals surface area contributed by atoms with Crippen LogP contribution in [0.5, 0.6) is 5.75 Å². The highest BCUT2D eigenvalue weighted by molar-refractivity contribution is 5.74. The smallest absolute Gasteiger partial charge is 0.311 e. The van der Waals surface area contributed by atoms with Gasteiger partial charge < -0.3 is 15.6 Å². The van der Waals surface area contributed by atoms with E-state index in [9.17, 15) is 18.7 Å². The van der Waals surface area contributed by atoms with Crippen molar-refractivity contribution in [3.63, 3.8) is 0 Å². The number of hydrogen-bond acceptors (Lipinski definition) is 5. The average molecular weight is 246 g/mol. The van der Waals surface area contributed by atoms with Crippen LogP contribution in [0.25, 0.3) is 0 Å². The fourth-order valence-corrected chi connectivity index (χ4v) is 1.22. The molecule has 0 bridgehead atoms. The lowest BCUT2D eigenvalue weighted by atomic mass is 10.2. The Hall–Kier alpha value is -1.92. The van der Waals surface area contributed by atoms with Crippen molar-refractivity contribution in [2.75, 3.05) is 12.3 Å². The van der Waals surface area contributed by atoms with Gasteiger partial charge in [-0.1, -0.05) is 0 Å². The fraction of sp³-hybridized carbons (Fsp3) is 0.400. The number of rotatable bonds is 4. The number of alkyl halides is 2. The third-order valence-corrected chi connectivity index (χ3v) is 1.97. The highest BCUT2D eigenvalue weighted by Crippen LogP contribution is 2.29. The first-order chi connectivity index (χ1) is 7.95. The molecule has 0 fully saturated rings. The Balaban J connectivity index is 2.99. The Morgan fingerprint density at radius 1 is 1.65 bits per heavy atom. The maximum absolute atomic E-state index is 12.4. The van der Waals surface area contributed by atoms with Gasteiger partial charge in [0.05, 0.1) is 24.4 Å². The van der Waals surface area contributed by atoms with Crippen molar-refractivity contribution in [2.45, 2.75) is 19.8 Å². The van der Waals surface area contributed by atoms with Crippen LogP contribution in [0.4, 0.5) is 14.5 Å². The van der Waals surface area contributed by atoms with E-state index in [1.54, 1.807) is 6.92 Å². The van der Waals surface area contributed by atoms with Crippen LogP contribution in [-0.2, 0) is 16.0 Å². The monoisotopic (exact) mass is 246 g/mol. The lowest BCUT2D eigenvalue weighted by Gasteiger charge is -2.09. The topological polar surface area (TPSA) is 85.4 Å². The molecule has 0 saturated heterocycles. The lowest BCUT2D eigenvalue weighted by Crippen LogP contribution is -2.12. The summed E-state index contributed by atoms with van der Waals surface area (Å²) in [5.74, 6) is -1.30. The number of nitrogens with two attached hydrogens (primary N) is 1. The largest absolute Gasteiger partial charge is 0.506 e. The van der Waals surface area contributed by atoms with Crippen molar-refractivity contribution in [1.82, 2.24) is 4.98 Å². The van der Waals surface area contributed by atoms with Crippen LogP contribution in [0.2, 0.25) is 0 Å². The van der Waals surface area contributed by atoms with E-state index in [2.05, 4.69) is 9.72 Å². The molecule has 0 radical (unpaired) electrons. The zero-order chi connectivity index (χ0) is 13.0. The molecule has 1 aromatic rings. The van der Waals surface area contributed by atoms with Gasteiger partial charge in [0, 0.05) is 6.07 Å². The molecule has 1 aromatic heterocycles. The van der Waals surface area contributed by atoms with Gasteiger partial charge in [-0.2, -0.15) is 0 Å². The summed E-state index contributed by atoms with van der Waals surface area (Å²) in [6.45, 7) is 1.80. The van der Waals surface area contributed by atoms with Crippen LogP contribution in [0.15, 0.2) is 6.07 Å². The van der Waals surface area contributed by atoms with E-state index in [0.29, 0.717) is 0 Å². The van der Waals surface area contributed by atoms with Gasteiger partial charge in [0.2, 0.25) is 0 Å². The van der Waals surface area contributed by atoms with E-state index >= 15 is 0 Å². The number of carbonyl (C=O) groups is 1. The molecule has 0 aliphatic carbocycles. The lowest BCUT2D eigenvalue weighted by molar-refractivity contribution is -0.142. The molecule has 0 amide bonds. The standard InChI is InChI=1S/C10H12F2N2O3/c1-2-17-8(16)4-6-5(13)3-7(15)9(14-6)10(11)12/h3,10,15H,2,4,13H2,1H3. The number of aromatic hydroxyl groups is 1. The van der Waals surface area contributed by atoms with Crippen molar-refractivity contribution in [2.24, 2.45) is 0 Å². The quantitative estimate of drug-likeness (QED) is 0.784. The van der Waals surface area contributed by atoms with Gasteiger partial charge >= 0.3 is 5.97 Å². The summed E-state index contributed by atoms with van der Waals surface area (Å²) < 4.78 is 29.5. The molecule has 0 aromatic carbocycles. The zero-order valence-corrected chi connectivity index (χ0v) is 9.11. The molecular weight excluding hydrogens is 234 g/mol. The van der Waals surface area contributed by atoms with Crippen molar-refractivity contribution >= 4 is 11.7 Å². The predicted octanol–water partition coefficient (Wildman–Crippen LogP) is 1.41. The summed E-state index contributed by atoms with van der Waals surface area (Å²) in [6.07, 6.45) is -3.24. The molecule has 17 heavy (non-hydrogen) atoms. The highest BCUT2D eigenvalue weighted by atomic mass is 19.3. The third kappa shape index (κ3) is 3.27. The highest BCUT2D eigenvalue weighted by Gasteiger charge is 2.19. The number of halogens is 2. The number of nitrogens with zero attached hydrogens (tertiary/aromatic N) is 1. The third-order valence-electron chi connectivity index (χ3n) is 1.97. The Morgan fingerprint density at radius 2 is 2.29 bits per heavy atom. The molecule has 94 valence electrons. The summed E-state index contributed by atoms with van der Waals surface area (Å²) >= 11 is 0. The number of aromatic nitrogens is 1. The van der Waals surface area contributed by atoms with E-state index < -0.39 is 23.8 Å². The molecule has 0 aliphatic rings. The van der Waals surface area contributed by atoms with Crippen molar-refractivity contribution < 1.29 is 23.4 Å². The molecule has 5 nitrogen and oxygen atoms in total. The van der Waals surface area contributed by atoms with Crippen molar-refractivity contribution in [3.8, 4) is 5.75 Å². The average Bonchev–Trinajstić information content (AvgIpc) is 2.21. The molecule has 0 unspecified atom stereocenters. The first-order valence-corrected chi connectivity index (χ1v) is 4.87. The number of esters is 1. The molecule has 0 spiro atoms. The number of carbonyl (C=O) groups excluding carboxylic acids is 1. The molecule has 3 N–H and O–H groups in total. The molecular formula is C10H12F2N2O3. The molecule has 1 heterocycles. The van der Waals surface area contributed by atoms with Gasteiger partial charge in [-0.05, 0) is 6.92 Å². The van der Waals surface area contributed by atoms with E-state index in [4.69, 9.17) is 5.73 Å². The van der Waals surface area contributed by atoms with E-state index in [1.807, 2.05) is 0 Å². The normalized spacial score (nSPS) is 10.6. The number of nitrogen functional groups attached to an aromatic ring is 1. The number of ether oxygens (including phenoxy) is 1. The summed E-state index contributed by atoms with van der Waals surface area (Å²) in [7, 11) is 0. The first kappa shape index (κ1) is 13.1. The summed E-state index contributed by atoms with van der Waals surface area (Å²) in [4.78, 5) is 14.6.